The Bertz CT molecular complexity index is 917. The van der Waals surface area contributed by atoms with E-state index in [1.54, 1.807) is 11.3 Å². The van der Waals surface area contributed by atoms with Gasteiger partial charge in [0.25, 0.3) is 0 Å². The number of anilines is 1. The van der Waals surface area contributed by atoms with E-state index >= 15 is 0 Å². The molecule has 0 bridgehead atoms. The van der Waals surface area contributed by atoms with Gasteiger partial charge in [0.05, 0.1) is 17.9 Å². The molecular weight excluding hydrogens is 280 g/mol. The third-order valence-electron chi connectivity index (χ3n) is 3.69. The summed E-state index contributed by atoms with van der Waals surface area (Å²) in [5, 5.41) is 7.92. The molecule has 21 heavy (non-hydrogen) atoms. The van der Waals surface area contributed by atoms with Crippen LogP contribution in [0.5, 0.6) is 0 Å². The van der Waals surface area contributed by atoms with Crippen LogP contribution in [0.25, 0.3) is 15.7 Å². The lowest BCUT2D eigenvalue weighted by Crippen LogP contribution is -2.04. The molecule has 104 valence electrons. The number of rotatable bonds is 3. The van der Waals surface area contributed by atoms with Crippen molar-refractivity contribution in [1.82, 2.24) is 14.4 Å². The van der Waals surface area contributed by atoms with Gasteiger partial charge in [-0.05, 0) is 24.4 Å². The second kappa shape index (κ2) is 4.86. The van der Waals surface area contributed by atoms with Crippen molar-refractivity contribution in [2.75, 3.05) is 5.32 Å². The largest absolute Gasteiger partial charge is 0.379 e. The second-order valence-electron chi connectivity index (χ2n) is 4.96. The maximum Gasteiger partial charge on any atom is 0.194 e. The van der Waals surface area contributed by atoms with Crippen LogP contribution in [0.3, 0.4) is 0 Å². The number of hydrogen-bond acceptors (Lipinski definition) is 4. The molecule has 0 amide bonds. The Labute approximate surface area is 126 Å². The summed E-state index contributed by atoms with van der Waals surface area (Å²) in [6, 6.07) is 8.28. The van der Waals surface area contributed by atoms with E-state index in [1.807, 2.05) is 18.5 Å². The molecule has 0 radical (unpaired) electrons. The number of thiazole rings is 1. The molecule has 0 saturated carbocycles. The van der Waals surface area contributed by atoms with Crippen molar-refractivity contribution in [3.8, 4) is 0 Å². The van der Waals surface area contributed by atoms with Gasteiger partial charge in [-0.2, -0.15) is 0 Å². The zero-order chi connectivity index (χ0) is 14.2. The smallest absolute Gasteiger partial charge is 0.194 e. The highest BCUT2D eigenvalue weighted by atomic mass is 32.1. The van der Waals surface area contributed by atoms with Crippen LogP contribution in [0.4, 0.5) is 5.69 Å². The van der Waals surface area contributed by atoms with Crippen LogP contribution < -0.4 is 5.32 Å². The van der Waals surface area contributed by atoms with E-state index in [-0.39, 0.29) is 0 Å². The van der Waals surface area contributed by atoms with Gasteiger partial charge < -0.3 is 5.32 Å². The molecule has 4 aromatic rings. The van der Waals surface area contributed by atoms with Crippen LogP contribution in [0.15, 0.2) is 48.2 Å². The first-order valence-electron chi connectivity index (χ1n) is 6.80. The molecule has 0 spiro atoms. The highest BCUT2D eigenvalue weighted by Gasteiger charge is 2.09. The summed E-state index contributed by atoms with van der Waals surface area (Å²) in [6.07, 6.45) is 5.80. The van der Waals surface area contributed by atoms with Gasteiger partial charge in [0.2, 0.25) is 0 Å². The van der Waals surface area contributed by atoms with Crippen LogP contribution in [-0.2, 0) is 6.54 Å². The van der Waals surface area contributed by atoms with Crippen LogP contribution in [-0.4, -0.2) is 14.4 Å². The van der Waals surface area contributed by atoms with Gasteiger partial charge in [0, 0.05) is 35.0 Å². The molecular formula is C16H14N4S. The van der Waals surface area contributed by atoms with E-state index in [9.17, 15) is 0 Å². The Morgan fingerprint density at radius 2 is 2.24 bits per heavy atom. The van der Waals surface area contributed by atoms with Crippen molar-refractivity contribution in [2.24, 2.45) is 0 Å². The number of benzene rings is 1. The Kier molecular flexibility index (Phi) is 2.86. The standard InChI is InChI=1S/C16H14N4S/c1-11-15(20-7-8-21-16(20)19-11)10-18-14-4-2-3-12-5-6-17-9-13(12)14/h2-9,18H,10H2,1H3. The first-order chi connectivity index (χ1) is 10.3. The summed E-state index contributed by atoms with van der Waals surface area (Å²) in [7, 11) is 0. The maximum absolute atomic E-state index is 4.58. The van der Waals surface area contributed by atoms with Crippen LogP contribution in [0.1, 0.15) is 11.4 Å². The fourth-order valence-electron chi connectivity index (χ4n) is 2.60. The molecule has 5 heteroatoms. The molecule has 4 nitrogen and oxygen atoms in total. The minimum atomic E-state index is 0.748. The molecule has 0 saturated heterocycles. The molecule has 1 N–H and O–H groups in total. The first-order valence-corrected chi connectivity index (χ1v) is 7.68. The lowest BCUT2D eigenvalue weighted by Gasteiger charge is -2.09. The Morgan fingerprint density at radius 3 is 3.19 bits per heavy atom. The molecule has 4 rings (SSSR count). The molecule has 3 heterocycles. The Balaban J connectivity index is 1.69. The minimum absolute atomic E-state index is 0.748. The molecule has 0 aliphatic carbocycles. The predicted molar refractivity (Wildman–Crippen MR) is 86.9 cm³/mol. The Morgan fingerprint density at radius 1 is 1.29 bits per heavy atom. The number of imidazole rings is 1. The summed E-state index contributed by atoms with van der Waals surface area (Å²) in [4.78, 5) is 9.84. The molecule has 0 atom stereocenters. The van der Waals surface area contributed by atoms with E-state index in [2.05, 4.69) is 56.4 Å². The van der Waals surface area contributed by atoms with Crippen LogP contribution in [0, 0.1) is 6.92 Å². The highest BCUT2D eigenvalue weighted by molar-refractivity contribution is 7.15. The third-order valence-corrected chi connectivity index (χ3v) is 4.45. The highest BCUT2D eigenvalue weighted by Crippen LogP contribution is 2.24. The molecule has 3 aromatic heterocycles. The number of nitrogens with zero attached hydrogens (tertiary/aromatic N) is 3. The number of pyridine rings is 1. The van der Waals surface area contributed by atoms with Gasteiger partial charge in [-0.3, -0.25) is 9.38 Å². The van der Waals surface area contributed by atoms with Crippen molar-refractivity contribution in [1.29, 1.82) is 0 Å². The number of aryl methyl sites for hydroxylation is 1. The molecule has 0 aliphatic rings. The van der Waals surface area contributed by atoms with Crippen LogP contribution in [0.2, 0.25) is 0 Å². The van der Waals surface area contributed by atoms with Crippen molar-refractivity contribution >= 4 is 32.8 Å². The fourth-order valence-corrected chi connectivity index (χ4v) is 3.38. The lowest BCUT2D eigenvalue weighted by atomic mass is 10.1. The molecule has 0 fully saturated rings. The third kappa shape index (κ3) is 2.06. The average molecular weight is 294 g/mol. The van der Waals surface area contributed by atoms with E-state index in [1.165, 1.54) is 11.1 Å². The van der Waals surface area contributed by atoms with E-state index in [0.29, 0.717) is 0 Å². The zero-order valence-corrected chi connectivity index (χ0v) is 12.4. The normalized spacial score (nSPS) is 11.3. The topological polar surface area (TPSA) is 42.2 Å². The van der Waals surface area contributed by atoms with Gasteiger partial charge in [-0.25, -0.2) is 4.98 Å². The quantitative estimate of drug-likeness (QED) is 0.624. The molecule has 1 aromatic carbocycles. The molecule has 0 aliphatic heterocycles. The van der Waals surface area contributed by atoms with Gasteiger partial charge in [0.15, 0.2) is 4.96 Å². The van der Waals surface area contributed by atoms with Crippen molar-refractivity contribution in [3.63, 3.8) is 0 Å². The zero-order valence-electron chi connectivity index (χ0n) is 11.6. The lowest BCUT2D eigenvalue weighted by molar-refractivity contribution is 0.996. The fraction of sp³-hybridized carbons (Fsp3) is 0.125. The van der Waals surface area contributed by atoms with Crippen molar-refractivity contribution in [3.05, 3.63) is 59.6 Å². The second-order valence-corrected chi connectivity index (χ2v) is 5.83. The van der Waals surface area contributed by atoms with Crippen molar-refractivity contribution in [2.45, 2.75) is 13.5 Å². The maximum atomic E-state index is 4.58. The SMILES string of the molecule is Cc1nc2sccn2c1CNc1cccc2ccncc12. The van der Waals surface area contributed by atoms with E-state index in [4.69, 9.17) is 0 Å². The van der Waals surface area contributed by atoms with Gasteiger partial charge in [-0.15, -0.1) is 11.3 Å². The average Bonchev–Trinajstić information content (AvgIpc) is 3.06. The number of hydrogen-bond donors (Lipinski definition) is 1. The van der Waals surface area contributed by atoms with Gasteiger partial charge in [-0.1, -0.05) is 12.1 Å². The number of fused-ring (bicyclic) bond motifs is 2. The van der Waals surface area contributed by atoms with Gasteiger partial charge in [0.1, 0.15) is 0 Å². The summed E-state index contributed by atoms with van der Waals surface area (Å²) in [5.41, 5.74) is 3.38. The minimum Gasteiger partial charge on any atom is -0.379 e. The summed E-state index contributed by atoms with van der Waals surface area (Å²) in [5.74, 6) is 0. The predicted octanol–water partition coefficient (Wildman–Crippen LogP) is 3.86. The van der Waals surface area contributed by atoms with E-state index < -0.39 is 0 Å². The monoisotopic (exact) mass is 294 g/mol. The number of aromatic nitrogens is 3. The van der Waals surface area contributed by atoms with Crippen molar-refractivity contribution < 1.29 is 0 Å². The van der Waals surface area contributed by atoms with Gasteiger partial charge >= 0.3 is 0 Å². The van der Waals surface area contributed by atoms with E-state index in [0.717, 1.165) is 28.3 Å². The number of nitrogens with one attached hydrogen (secondary N) is 1. The van der Waals surface area contributed by atoms with Crippen LogP contribution >= 0.6 is 11.3 Å². The first kappa shape index (κ1) is 12.3. The summed E-state index contributed by atoms with van der Waals surface area (Å²) in [6.45, 7) is 2.80. The summed E-state index contributed by atoms with van der Waals surface area (Å²) >= 11 is 1.66. The molecule has 0 unspecified atom stereocenters. The Hall–Kier alpha value is -2.40. The summed E-state index contributed by atoms with van der Waals surface area (Å²) < 4.78 is 2.15.